The van der Waals surface area contributed by atoms with Crippen molar-refractivity contribution in [3.63, 3.8) is 0 Å². The zero-order valence-corrected chi connectivity index (χ0v) is 8.34. The molecule has 3 rings (SSSR count). The standard InChI is InChI=1S/C11H17NO/c1-4-9(13)12-10-8-5-11(10,6-8)7(2)3/h4,7-8,10H,1,5-6H2,2-3H3,(H,12,13). The summed E-state index contributed by atoms with van der Waals surface area (Å²) in [4.78, 5) is 11.1. The topological polar surface area (TPSA) is 29.1 Å². The zero-order chi connectivity index (χ0) is 9.64. The number of carbonyl (C=O) groups excluding carboxylic acids is 1. The summed E-state index contributed by atoms with van der Waals surface area (Å²) in [5, 5.41) is 3.03. The van der Waals surface area contributed by atoms with E-state index >= 15 is 0 Å². The van der Waals surface area contributed by atoms with Crippen LogP contribution in [0.25, 0.3) is 0 Å². The smallest absolute Gasteiger partial charge is 0.243 e. The first-order chi connectivity index (χ1) is 6.10. The highest BCUT2D eigenvalue weighted by Gasteiger charge is 2.66. The molecule has 1 N–H and O–H groups in total. The number of rotatable bonds is 3. The quantitative estimate of drug-likeness (QED) is 0.657. The average molecular weight is 179 g/mol. The third kappa shape index (κ3) is 0.976. The molecule has 1 atom stereocenters. The summed E-state index contributed by atoms with van der Waals surface area (Å²) in [7, 11) is 0. The van der Waals surface area contributed by atoms with Crippen LogP contribution in [0.1, 0.15) is 26.7 Å². The number of carbonyl (C=O) groups is 1. The van der Waals surface area contributed by atoms with E-state index in [0.717, 1.165) is 5.92 Å². The maximum absolute atomic E-state index is 11.1. The fourth-order valence-electron chi connectivity index (χ4n) is 2.86. The number of nitrogens with one attached hydrogen (secondary N) is 1. The molecule has 3 fully saturated rings. The van der Waals surface area contributed by atoms with Crippen molar-refractivity contribution in [2.75, 3.05) is 0 Å². The minimum atomic E-state index is -0.0144. The molecule has 0 aromatic rings. The van der Waals surface area contributed by atoms with E-state index in [2.05, 4.69) is 25.7 Å². The van der Waals surface area contributed by atoms with Crippen molar-refractivity contribution in [3.05, 3.63) is 12.7 Å². The lowest BCUT2D eigenvalue weighted by Gasteiger charge is -2.70. The monoisotopic (exact) mass is 179 g/mol. The molecule has 3 aliphatic rings. The summed E-state index contributed by atoms with van der Waals surface area (Å²) >= 11 is 0. The van der Waals surface area contributed by atoms with Gasteiger partial charge in [0.25, 0.3) is 0 Å². The van der Waals surface area contributed by atoms with Crippen molar-refractivity contribution in [2.45, 2.75) is 32.7 Å². The van der Waals surface area contributed by atoms with Crippen LogP contribution >= 0.6 is 0 Å². The number of hydrogen-bond donors (Lipinski definition) is 1. The summed E-state index contributed by atoms with van der Waals surface area (Å²) < 4.78 is 0. The van der Waals surface area contributed by atoms with Gasteiger partial charge in [0, 0.05) is 6.04 Å². The molecule has 3 aliphatic carbocycles. The van der Waals surface area contributed by atoms with Gasteiger partial charge in [-0.3, -0.25) is 4.79 Å². The number of hydrogen-bond acceptors (Lipinski definition) is 1. The number of amides is 1. The van der Waals surface area contributed by atoms with Gasteiger partial charge in [-0.1, -0.05) is 20.4 Å². The first kappa shape index (κ1) is 8.79. The van der Waals surface area contributed by atoms with Gasteiger partial charge in [0.05, 0.1) is 0 Å². The second kappa shape index (κ2) is 2.60. The first-order valence-corrected chi connectivity index (χ1v) is 5.03. The Morgan fingerprint density at radius 1 is 1.62 bits per heavy atom. The van der Waals surface area contributed by atoms with Gasteiger partial charge in [0.2, 0.25) is 5.91 Å². The Morgan fingerprint density at radius 3 is 2.54 bits per heavy atom. The van der Waals surface area contributed by atoms with Crippen molar-refractivity contribution in [2.24, 2.45) is 17.3 Å². The minimum absolute atomic E-state index is 0.0144. The van der Waals surface area contributed by atoms with E-state index in [4.69, 9.17) is 0 Å². The lowest BCUT2D eigenvalue weighted by Crippen LogP contribution is -2.73. The Hall–Kier alpha value is -0.790. The van der Waals surface area contributed by atoms with Gasteiger partial charge < -0.3 is 5.32 Å². The largest absolute Gasteiger partial charge is 0.349 e. The molecule has 1 amide bonds. The minimum Gasteiger partial charge on any atom is -0.349 e. The molecular weight excluding hydrogens is 162 g/mol. The van der Waals surface area contributed by atoms with Crippen molar-refractivity contribution >= 4 is 5.91 Å². The predicted octanol–water partition coefficient (Wildman–Crippen LogP) is 1.72. The van der Waals surface area contributed by atoms with E-state index in [-0.39, 0.29) is 5.91 Å². The van der Waals surface area contributed by atoms with Crippen molar-refractivity contribution < 1.29 is 4.79 Å². The second-order valence-electron chi connectivity index (χ2n) is 4.75. The third-order valence-corrected chi connectivity index (χ3v) is 4.01. The SMILES string of the molecule is C=CC(=O)NC1C2CC1(C(C)C)C2. The molecule has 1 unspecified atom stereocenters. The van der Waals surface area contributed by atoms with Crippen LogP contribution in [0.5, 0.6) is 0 Å². The molecule has 0 saturated heterocycles. The Morgan fingerprint density at radius 2 is 2.23 bits per heavy atom. The maximum Gasteiger partial charge on any atom is 0.243 e. The molecule has 0 heterocycles. The molecule has 0 aromatic heterocycles. The van der Waals surface area contributed by atoms with Gasteiger partial charge in [-0.2, -0.15) is 0 Å². The van der Waals surface area contributed by atoms with E-state index in [0.29, 0.717) is 17.4 Å². The third-order valence-electron chi connectivity index (χ3n) is 4.01. The molecule has 2 nitrogen and oxygen atoms in total. The van der Waals surface area contributed by atoms with Gasteiger partial charge in [-0.15, -0.1) is 0 Å². The highest BCUT2D eigenvalue weighted by atomic mass is 16.1. The lowest BCUT2D eigenvalue weighted by molar-refractivity contribution is -0.185. The molecule has 0 radical (unpaired) electrons. The van der Waals surface area contributed by atoms with E-state index in [9.17, 15) is 4.79 Å². The van der Waals surface area contributed by atoms with Crippen molar-refractivity contribution in [3.8, 4) is 0 Å². The summed E-state index contributed by atoms with van der Waals surface area (Å²) in [6.07, 6.45) is 3.99. The van der Waals surface area contributed by atoms with Crippen molar-refractivity contribution in [1.29, 1.82) is 0 Å². The molecule has 0 aliphatic heterocycles. The molecule has 13 heavy (non-hydrogen) atoms. The lowest BCUT2D eigenvalue weighted by atomic mass is 9.37. The van der Waals surface area contributed by atoms with E-state index in [1.165, 1.54) is 18.9 Å². The molecular formula is C11H17NO. The molecule has 3 saturated carbocycles. The van der Waals surface area contributed by atoms with E-state index < -0.39 is 0 Å². The van der Waals surface area contributed by atoms with E-state index in [1.807, 2.05) is 0 Å². The summed E-state index contributed by atoms with van der Waals surface area (Å²) in [6, 6.07) is 0.443. The van der Waals surface area contributed by atoms with Crippen LogP contribution in [0.4, 0.5) is 0 Å². The van der Waals surface area contributed by atoms with E-state index in [1.54, 1.807) is 0 Å². The molecule has 72 valence electrons. The Kier molecular flexibility index (Phi) is 1.76. The first-order valence-electron chi connectivity index (χ1n) is 5.03. The van der Waals surface area contributed by atoms with Crippen LogP contribution in [-0.2, 0) is 4.79 Å². The average Bonchev–Trinajstić information content (AvgIpc) is 1.95. The van der Waals surface area contributed by atoms with Gasteiger partial charge in [0.15, 0.2) is 0 Å². The normalized spacial score (nSPS) is 40.5. The second-order valence-corrected chi connectivity index (χ2v) is 4.75. The van der Waals surface area contributed by atoms with Gasteiger partial charge >= 0.3 is 0 Å². The Bertz CT molecular complexity index is 251. The van der Waals surface area contributed by atoms with Crippen LogP contribution < -0.4 is 5.32 Å². The van der Waals surface area contributed by atoms with Crippen LogP contribution in [0.2, 0.25) is 0 Å². The van der Waals surface area contributed by atoms with Gasteiger partial charge in [0.1, 0.15) is 0 Å². The molecule has 0 aromatic carbocycles. The molecule has 0 spiro atoms. The summed E-state index contributed by atoms with van der Waals surface area (Å²) in [5.74, 6) is 1.43. The van der Waals surface area contributed by atoms with Gasteiger partial charge in [-0.05, 0) is 36.2 Å². The van der Waals surface area contributed by atoms with Crippen LogP contribution in [0.3, 0.4) is 0 Å². The molecule has 2 heteroatoms. The fraction of sp³-hybridized carbons (Fsp3) is 0.727. The van der Waals surface area contributed by atoms with Crippen LogP contribution in [-0.4, -0.2) is 11.9 Å². The van der Waals surface area contributed by atoms with Crippen molar-refractivity contribution in [1.82, 2.24) is 5.32 Å². The predicted molar refractivity (Wildman–Crippen MR) is 52.1 cm³/mol. The molecule has 2 bridgehead atoms. The highest BCUT2D eigenvalue weighted by Crippen LogP contribution is 2.67. The van der Waals surface area contributed by atoms with Crippen LogP contribution in [0.15, 0.2) is 12.7 Å². The fourth-order valence-corrected chi connectivity index (χ4v) is 2.86. The summed E-state index contributed by atoms with van der Waals surface area (Å²) in [5.41, 5.74) is 0.434. The Labute approximate surface area is 79.4 Å². The zero-order valence-electron chi connectivity index (χ0n) is 8.34. The summed E-state index contributed by atoms with van der Waals surface area (Å²) in [6.45, 7) is 7.97. The highest BCUT2D eigenvalue weighted by molar-refractivity contribution is 5.87. The van der Waals surface area contributed by atoms with Crippen LogP contribution in [0, 0.1) is 17.3 Å². The van der Waals surface area contributed by atoms with Gasteiger partial charge in [-0.25, -0.2) is 0 Å². The maximum atomic E-state index is 11.1. The Balaban J connectivity index is 1.97.